The number of hydrogen-bond donors (Lipinski definition) is 2. The predicted molar refractivity (Wildman–Crippen MR) is 87.5 cm³/mol. The number of morpholine rings is 1. The van der Waals surface area contributed by atoms with E-state index in [0.717, 1.165) is 38.4 Å². The fraction of sp³-hybridized carbons (Fsp3) is 0.462. The number of guanidine groups is 1. The summed E-state index contributed by atoms with van der Waals surface area (Å²) < 4.78 is 5.33. The number of ether oxygens (including phenoxy) is 1. The zero-order valence-electron chi connectivity index (χ0n) is 10.9. The van der Waals surface area contributed by atoms with Crippen LogP contribution in [0.1, 0.15) is 11.1 Å². The molecular formula is C13H21IN4O. The molecule has 1 aliphatic rings. The molecule has 5 nitrogen and oxygen atoms in total. The van der Waals surface area contributed by atoms with Gasteiger partial charge >= 0.3 is 0 Å². The smallest absolute Gasteiger partial charge is 0.186 e. The number of aliphatic imine (C=N–C) groups is 1. The highest BCUT2D eigenvalue weighted by molar-refractivity contribution is 14.0. The molecule has 1 aromatic carbocycles. The second-order valence-electron chi connectivity index (χ2n) is 4.45. The third-order valence-corrected chi connectivity index (χ3v) is 2.98. The van der Waals surface area contributed by atoms with Crippen LogP contribution in [0, 0.1) is 0 Å². The van der Waals surface area contributed by atoms with E-state index in [1.165, 1.54) is 5.56 Å². The van der Waals surface area contributed by atoms with Crippen molar-refractivity contribution in [3.8, 4) is 0 Å². The number of rotatable bonds is 4. The molecule has 19 heavy (non-hydrogen) atoms. The summed E-state index contributed by atoms with van der Waals surface area (Å²) in [5, 5.41) is 0. The summed E-state index contributed by atoms with van der Waals surface area (Å²) in [5.74, 6) is 0.132. The zero-order chi connectivity index (χ0) is 12.8. The summed E-state index contributed by atoms with van der Waals surface area (Å²) in [5.41, 5.74) is 13.0. The largest absolute Gasteiger partial charge is 0.379 e. The molecule has 2 rings (SSSR count). The maximum Gasteiger partial charge on any atom is 0.186 e. The van der Waals surface area contributed by atoms with Gasteiger partial charge < -0.3 is 16.2 Å². The maximum atomic E-state index is 5.33. The van der Waals surface area contributed by atoms with Gasteiger partial charge in [-0.3, -0.25) is 4.90 Å². The average molecular weight is 376 g/mol. The van der Waals surface area contributed by atoms with E-state index in [4.69, 9.17) is 16.2 Å². The summed E-state index contributed by atoms with van der Waals surface area (Å²) in [6.07, 6.45) is 0. The predicted octanol–water partition coefficient (Wildman–Crippen LogP) is 0.910. The molecule has 1 aromatic rings. The van der Waals surface area contributed by atoms with Gasteiger partial charge in [-0.25, -0.2) is 4.99 Å². The molecule has 4 N–H and O–H groups in total. The van der Waals surface area contributed by atoms with Crippen LogP contribution in [0.15, 0.2) is 29.3 Å². The molecule has 0 bridgehead atoms. The monoisotopic (exact) mass is 376 g/mol. The SMILES string of the molecule is I.NC(N)=NCc1ccc(CN2CCOCC2)cc1. The van der Waals surface area contributed by atoms with E-state index >= 15 is 0 Å². The average Bonchev–Trinajstić information content (AvgIpc) is 2.39. The fourth-order valence-electron chi connectivity index (χ4n) is 1.95. The van der Waals surface area contributed by atoms with Crippen molar-refractivity contribution in [2.45, 2.75) is 13.1 Å². The molecule has 0 atom stereocenters. The van der Waals surface area contributed by atoms with Gasteiger partial charge in [-0.15, -0.1) is 24.0 Å². The van der Waals surface area contributed by atoms with Crippen molar-refractivity contribution in [2.75, 3.05) is 26.3 Å². The summed E-state index contributed by atoms with van der Waals surface area (Å²) >= 11 is 0. The van der Waals surface area contributed by atoms with E-state index in [0.29, 0.717) is 6.54 Å². The summed E-state index contributed by atoms with van der Waals surface area (Å²) in [7, 11) is 0. The Kier molecular flexibility index (Phi) is 7.11. The van der Waals surface area contributed by atoms with Crippen LogP contribution in [0.4, 0.5) is 0 Å². The summed E-state index contributed by atoms with van der Waals surface area (Å²) in [4.78, 5) is 6.38. The Hall–Kier alpha value is -0.860. The Morgan fingerprint density at radius 1 is 1.11 bits per heavy atom. The van der Waals surface area contributed by atoms with Gasteiger partial charge in [0, 0.05) is 19.6 Å². The molecule has 0 unspecified atom stereocenters. The van der Waals surface area contributed by atoms with Crippen molar-refractivity contribution in [3.05, 3.63) is 35.4 Å². The molecule has 1 heterocycles. The highest BCUT2D eigenvalue weighted by Crippen LogP contribution is 2.09. The first-order valence-electron chi connectivity index (χ1n) is 6.17. The fourth-order valence-corrected chi connectivity index (χ4v) is 1.95. The summed E-state index contributed by atoms with van der Waals surface area (Å²) in [6, 6.07) is 8.41. The molecule has 6 heteroatoms. The Morgan fingerprint density at radius 3 is 2.26 bits per heavy atom. The highest BCUT2D eigenvalue weighted by atomic mass is 127. The van der Waals surface area contributed by atoms with Gasteiger partial charge in [0.1, 0.15) is 0 Å². The van der Waals surface area contributed by atoms with Crippen LogP contribution in [-0.2, 0) is 17.8 Å². The van der Waals surface area contributed by atoms with Gasteiger partial charge in [-0.2, -0.15) is 0 Å². The molecule has 0 radical (unpaired) electrons. The molecule has 1 saturated heterocycles. The minimum Gasteiger partial charge on any atom is -0.379 e. The minimum absolute atomic E-state index is 0. The lowest BCUT2D eigenvalue weighted by molar-refractivity contribution is 0.0342. The van der Waals surface area contributed by atoms with Crippen molar-refractivity contribution >= 4 is 29.9 Å². The van der Waals surface area contributed by atoms with Crippen molar-refractivity contribution < 1.29 is 4.74 Å². The number of nitrogens with zero attached hydrogens (tertiary/aromatic N) is 2. The normalized spacial score (nSPS) is 15.6. The maximum absolute atomic E-state index is 5.33. The molecule has 1 fully saturated rings. The van der Waals surface area contributed by atoms with Crippen LogP contribution in [-0.4, -0.2) is 37.2 Å². The van der Waals surface area contributed by atoms with Crippen LogP contribution in [0.2, 0.25) is 0 Å². The molecule has 106 valence electrons. The van der Waals surface area contributed by atoms with E-state index in [9.17, 15) is 0 Å². The zero-order valence-corrected chi connectivity index (χ0v) is 13.2. The molecule has 1 aliphatic heterocycles. The topological polar surface area (TPSA) is 76.9 Å². The standard InChI is InChI=1S/C13H20N4O.HI/c14-13(15)16-9-11-1-3-12(4-2-11)10-17-5-7-18-8-6-17;/h1-4H,5-10H2,(H4,14,15,16);1H. The lowest BCUT2D eigenvalue weighted by Crippen LogP contribution is -2.35. The molecule has 0 amide bonds. The number of hydrogen-bond acceptors (Lipinski definition) is 3. The Balaban J connectivity index is 0.00000180. The molecular weight excluding hydrogens is 355 g/mol. The van der Waals surface area contributed by atoms with E-state index in [1.54, 1.807) is 0 Å². The second kappa shape index (κ2) is 8.34. The van der Waals surface area contributed by atoms with Crippen molar-refractivity contribution in [1.82, 2.24) is 4.90 Å². The van der Waals surface area contributed by atoms with Crippen LogP contribution < -0.4 is 11.5 Å². The Bertz CT molecular complexity index is 398. The van der Waals surface area contributed by atoms with Crippen LogP contribution in [0.3, 0.4) is 0 Å². The number of halogens is 1. The highest BCUT2D eigenvalue weighted by Gasteiger charge is 2.10. The van der Waals surface area contributed by atoms with E-state index < -0.39 is 0 Å². The van der Waals surface area contributed by atoms with E-state index in [-0.39, 0.29) is 29.9 Å². The Labute approximate surface area is 131 Å². The van der Waals surface area contributed by atoms with Gasteiger partial charge in [0.15, 0.2) is 5.96 Å². The van der Waals surface area contributed by atoms with E-state index in [1.807, 2.05) is 0 Å². The molecule has 0 spiro atoms. The van der Waals surface area contributed by atoms with Gasteiger partial charge in [-0.1, -0.05) is 24.3 Å². The van der Waals surface area contributed by atoms with Crippen molar-refractivity contribution in [1.29, 1.82) is 0 Å². The second-order valence-corrected chi connectivity index (χ2v) is 4.45. The lowest BCUT2D eigenvalue weighted by Gasteiger charge is -2.26. The first-order valence-corrected chi connectivity index (χ1v) is 6.17. The summed E-state index contributed by atoms with van der Waals surface area (Å²) in [6.45, 7) is 5.21. The molecule has 0 aromatic heterocycles. The van der Waals surface area contributed by atoms with Gasteiger partial charge in [-0.05, 0) is 11.1 Å². The van der Waals surface area contributed by atoms with Gasteiger partial charge in [0.05, 0.1) is 19.8 Å². The van der Waals surface area contributed by atoms with Gasteiger partial charge in [0.25, 0.3) is 0 Å². The quantitative estimate of drug-likeness (QED) is 0.465. The van der Waals surface area contributed by atoms with Crippen molar-refractivity contribution in [2.24, 2.45) is 16.5 Å². The molecule has 0 aliphatic carbocycles. The molecule has 0 saturated carbocycles. The van der Waals surface area contributed by atoms with Crippen molar-refractivity contribution in [3.63, 3.8) is 0 Å². The number of benzene rings is 1. The van der Waals surface area contributed by atoms with Crippen LogP contribution in [0.5, 0.6) is 0 Å². The minimum atomic E-state index is 0. The Morgan fingerprint density at radius 2 is 1.68 bits per heavy atom. The van der Waals surface area contributed by atoms with Crippen LogP contribution >= 0.6 is 24.0 Å². The number of nitrogens with two attached hydrogens (primary N) is 2. The lowest BCUT2D eigenvalue weighted by atomic mass is 10.1. The van der Waals surface area contributed by atoms with Gasteiger partial charge in [0.2, 0.25) is 0 Å². The van der Waals surface area contributed by atoms with Crippen LogP contribution in [0.25, 0.3) is 0 Å². The third kappa shape index (κ3) is 5.75. The first kappa shape index (κ1) is 16.2. The van der Waals surface area contributed by atoms with E-state index in [2.05, 4.69) is 34.2 Å². The third-order valence-electron chi connectivity index (χ3n) is 2.98. The first-order chi connectivity index (χ1) is 8.74.